The van der Waals surface area contributed by atoms with Gasteiger partial charge in [-0.05, 0) is 187 Å². The number of halogens is 9. The number of para-hydroxylation sites is 3. The summed E-state index contributed by atoms with van der Waals surface area (Å²) in [6.07, 6.45) is 11.6. The van der Waals surface area contributed by atoms with E-state index in [4.69, 9.17) is 5.73 Å². The van der Waals surface area contributed by atoms with Crippen LogP contribution in [0.5, 0.6) is 17.2 Å². The number of nitro groups is 4. The van der Waals surface area contributed by atoms with Gasteiger partial charge in [0.15, 0.2) is 0 Å². The summed E-state index contributed by atoms with van der Waals surface area (Å²) >= 11 is 1.69. The lowest BCUT2D eigenvalue weighted by molar-refractivity contribution is -0.384. The molecule has 4 aliphatic carbocycles. The number of alkyl halides is 9. The van der Waals surface area contributed by atoms with Crippen molar-refractivity contribution in [1.29, 1.82) is 0 Å². The summed E-state index contributed by atoms with van der Waals surface area (Å²) in [5, 5.41) is 97.0. The third kappa shape index (κ3) is 33.8. The number of nitrogens with zero attached hydrogens (tertiary/aromatic N) is 18. The number of fused-ring (bicyclic) bond motifs is 1. The number of hydrogen-bond acceptors (Lipinski definition) is 35. The quantitative estimate of drug-likeness (QED) is 0.00964. The van der Waals surface area contributed by atoms with E-state index in [0.29, 0.717) is 80.5 Å². The van der Waals surface area contributed by atoms with Crippen molar-refractivity contribution in [2.45, 2.75) is 206 Å². The Morgan fingerprint density at radius 2 is 0.745 bits per heavy atom. The maximum atomic E-state index is 12.7. The monoisotopic (exact) mass is 2040 g/mol. The first kappa shape index (κ1) is 108. The van der Waals surface area contributed by atoms with Crippen LogP contribution in [-0.2, 0) is 67.0 Å². The summed E-state index contributed by atoms with van der Waals surface area (Å²) in [4.78, 5) is 76.8. The molecular weight excluding hydrogens is 1930 g/mol. The van der Waals surface area contributed by atoms with Gasteiger partial charge in [0.2, 0.25) is 47.1 Å². The normalized spacial score (nSPS) is 17.9. The average molecular weight is 2040 g/mol. The molecule has 51 heteroatoms. The Morgan fingerprint density at radius 1 is 0.400 bits per heavy atom. The molecule has 0 saturated heterocycles. The maximum absolute atomic E-state index is 12.7. The molecule has 145 heavy (non-hydrogen) atoms. The van der Waals surface area contributed by atoms with Crippen LogP contribution in [0.4, 0.5) is 109 Å². The van der Waals surface area contributed by atoms with Crippen LogP contribution in [0.3, 0.4) is 0 Å². The number of rotatable bonds is 40. The number of anilines is 8. The van der Waals surface area contributed by atoms with Gasteiger partial charge in [-0.2, -0.15) is 35.2 Å². The predicted molar refractivity (Wildman–Crippen MR) is 526 cm³/mol. The topological polar surface area (TPSA) is 515 Å². The average Bonchev–Trinajstić information content (AvgIpc) is 1.78. The first-order valence-corrected chi connectivity index (χ1v) is 48.1. The highest BCUT2D eigenvalue weighted by atomic mass is 32.1. The third-order valence-electron chi connectivity index (χ3n) is 25.2. The fourth-order valence-corrected chi connectivity index (χ4v) is 18.4. The molecule has 0 spiro atoms. The molecule has 0 amide bonds. The van der Waals surface area contributed by atoms with Crippen LogP contribution in [0.25, 0.3) is 10.1 Å². The first-order valence-electron chi connectivity index (χ1n) is 47.2. The maximum Gasteiger partial charge on any atom is 0.573 e. The first-order chi connectivity index (χ1) is 69.4. The number of ether oxygens (including phenoxy) is 3. The van der Waals surface area contributed by atoms with E-state index in [2.05, 4.69) is 151 Å². The van der Waals surface area contributed by atoms with Crippen molar-refractivity contribution in [3.63, 3.8) is 0 Å². The highest BCUT2D eigenvalue weighted by Gasteiger charge is 2.36. The zero-order valence-electron chi connectivity index (χ0n) is 80.1. The fourth-order valence-electron chi connectivity index (χ4n) is 17.4. The van der Waals surface area contributed by atoms with Gasteiger partial charge < -0.3 is 78.4 Å². The minimum atomic E-state index is -4.83. The largest absolute Gasteiger partial charge is 0.573 e. The molecule has 13 N–H and O–H groups in total. The Balaban J connectivity index is 0.000000163. The molecule has 8 heterocycles. The lowest BCUT2D eigenvalue weighted by atomic mass is 9.86. The van der Waals surface area contributed by atoms with Crippen LogP contribution in [0, 0.1) is 78.0 Å². The van der Waals surface area contributed by atoms with Crippen molar-refractivity contribution in [1.82, 2.24) is 85.2 Å². The smallest absolute Gasteiger partial charge is 0.405 e. The second-order valence-corrected chi connectivity index (χ2v) is 36.7. The van der Waals surface area contributed by atoms with E-state index in [0.717, 1.165) is 169 Å². The lowest BCUT2D eigenvalue weighted by Gasteiger charge is -2.29. The molecule has 0 bridgehead atoms. The van der Waals surface area contributed by atoms with E-state index >= 15 is 0 Å². The lowest BCUT2D eigenvalue weighted by Crippen LogP contribution is -2.34. The van der Waals surface area contributed by atoms with Crippen LogP contribution in [0.1, 0.15) is 153 Å². The van der Waals surface area contributed by atoms with Gasteiger partial charge in [0, 0.05) is 162 Å². The molecule has 0 unspecified atom stereocenters. The van der Waals surface area contributed by atoms with Gasteiger partial charge in [0.05, 0.1) is 43.0 Å². The van der Waals surface area contributed by atoms with Gasteiger partial charge in [-0.15, -0.1) is 50.9 Å². The third-order valence-corrected chi connectivity index (χ3v) is 26.2. The zero-order valence-corrected chi connectivity index (χ0v) is 80.9. The van der Waals surface area contributed by atoms with Gasteiger partial charge >= 0.3 is 41.8 Å². The Kier molecular flexibility index (Phi) is 37.9. The molecule has 0 aliphatic heterocycles. The summed E-state index contributed by atoms with van der Waals surface area (Å²) in [6.45, 7) is 8.76. The Morgan fingerprint density at radius 3 is 1.08 bits per heavy atom. The molecule has 776 valence electrons. The minimum absolute atomic E-state index is 0.0446. The number of nitrogens with two attached hydrogens (primary N) is 1. The van der Waals surface area contributed by atoms with Crippen LogP contribution < -0.4 is 78.4 Å². The minimum Gasteiger partial charge on any atom is -0.405 e. The summed E-state index contributed by atoms with van der Waals surface area (Å²) in [6, 6.07) is 28.8. The van der Waals surface area contributed by atoms with Crippen LogP contribution in [0.15, 0.2) is 152 Å². The van der Waals surface area contributed by atoms with Crippen molar-refractivity contribution in [2.24, 2.45) is 50.5 Å². The number of benzene rings is 4. The fraction of sp³-hybridized carbons (Fsp3) is 0.457. The van der Waals surface area contributed by atoms with E-state index in [1.165, 1.54) is 76.4 Å². The SMILES string of the molecule is Cc1cc(CNC2CCC(CNc3nc(NCc4ccccc4OC(F)(F)F)ncc3[N+](=O)[O-])CC2)n(C)n1.Cc1nn(C)cc1CNC1CCC(CNc2nc(NCc3ccccc3OC(F)(F)F)ncc2[N+](=O)[O-])CC1.Cn1cc(CNC2CCC(CNc3nc(NCc4ccccc4OC(F)(F)F)ncc3[N+](=O)[O-])CC2)cn1.NC1CCC(CNc2nc(NCc3csc4ccccc34)ncc2[N+](=O)[O-])CC1. The summed E-state index contributed by atoms with van der Waals surface area (Å²) < 4.78 is 133. The highest BCUT2D eigenvalue weighted by molar-refractivity contribution is 7.17. The van der Waals surface area contributed by atoms with E-state index in [9.17, 15) is 80.0 Å². The van der Waals surface area contributed by atoms with Crippen molar-refractivity contribution in [3.05, 3.63) is 243 Å². The molecule has 4 aromatic carbocycles. The molecule has 8 aromatic heterocycles. The van der Waals surface area contributed by atoms with E-state index in [1.807, 2.05) is 75.1 Å². The Hall–Kier alpha value is -14.6. The molecule has 12 aromatic rings. The van der Waals surface area contributed by atoms with Gasteiger partial charge in [-0.3, -0.25) is 54.5 Å². The molecule has 41 nitrogen and oxygen atoms in total. The molecular formula is C94H115F9N30O11S. The van der Waals surface area contributed by atoms with Gasteiger partial charge in [0.1, 0.15) is 42.0 Å². The molecule has 4 saturated carbocycles. The predicted octanol–water partition coefficient (Wildman–Crippen LogP) is 17.9. The Labute approximate surface area is 830 Å². The number of aryl methyl sites for hydroxylation is 5. The molecule has 0 atom stereocenters. The van der Waals surface area contributed by atoms with Gasteiger partial charge in [-0.25, -0.2) is 19.9 Å². The second-order valence-electron chi connectivity index (χ2n) is 35.8. The summed E-state index contributed by atoms with van der Waals surface area (Å²) in [5.74, 6) is 1.32. The molecule has 4 aliphatic rings. The van der Waals surface area contributed by atoms with Crippen molar-refractivity contribution in [2.75, 3.05) is 68.7 Å². The zero-order chi connectivity index (χ0) is 103. The molecule has 4 fully saturated rings. The van der Waals surface area contributed by atoms with E-state index in [1.54, 1.807) is 34.2 Å². The van der Waals surface area contributed by atoms with Crippen LogP contribution >= 0.6 is 11.3 Å². The van der Waals surface area contributed by atoms with Gasteiger partial charge in [-0.1, -0.05) is 72.8 Å². The second kappa shape index (κ2) is 51.1. The molecule has 0 radical (unpaired) electrons. The van der Waals surface area contributed by atoms with Crippen LogP contribution in [0.2, 0.25) is 0 Å². The number of nitrogens with one attached hydrogen (secondary N) is 11. The number of hydrogen-bond donors (Lipinski definition) is 12. The number of thiophene rings is 1. The standard InChI is InChI=1S/2C25H31F3N8O3.C24H29F3N8O3.C20H24N6O2S/c1-16-19(15-35(2)34-16)13-29-20-9-7-17(8-10-20)11-30-23-21(36(37)38)14-32-24(33-23)31-12-18-5-3-4-6-22(18)39-25(26,27)28;1-16-11-20(35(2)34-16)14-29-19-9-7-17(8-10-19)12-30-23-21(36(37)38)15-32-24(33-23)31-13-18-5-3-4-6-22(18)39-25(26,27)28;1-34-15-17(12-32-34)11-28-19-8-6-16(7-9-19)10-29-22-20(35(36)37)14-31-23(33-22)30-13-18-4-2-3-5-21(18)38-24(25,26)27;21-15-7-5-13(6-8-15)9-22-19-17(26(27)28)11-24-20(25-19)23-10-14-12-29-18-4-2-1-3-16(14)18/h3-6,14-15,17,20,29H,7-13H2,1-2H3,(H2,30,31,32,33);3-6,11,15,17,19,29H,7-10,12-14H2,1-2H3,(H2,30,31,32,33);2-5,12,14-16,19,28H,6-11,13H2,1H3,(H2,29,30,31,33);1-4,11-13,15H,5-10,21H2,(H2,22,23,24,25). The van der Waals surface area contributed by atoms with Crippen molar-refractivity contribution < 1.29 is 73.4 Å². The van der Waals surface area contributed by atoms with Crippen LogP contribution in [-0.4, -0.2) is 158 Å². The van der Waals surface area contributed by atoms with E-state index in [-0.39, 0.29) is 123 Å². The number of aromatic nitrogens is 14. The van der Waals surface area contributed by atoms with Gasteiger partial charge in [0.25, 0.3) is 0 Å². The van der Waals surface area contributed by atoms with Crippen molar-refractivity contribution >= 4 is 91.2 Å². The summed E-state index contributed by atoms with van der Waals surface area (Å²) in [7, 11) is 5.72. The summed E-state index contributed by atoms with van der Waals surface area (Å²) in [5.41, 5.74) is 12.3. The Bertz CT molecular complexity index is 6070. The molecule has 16 rings (SSSR count). The van der Waals surface area contributed by atoms with Crippen molar-refractivity contribution in [3.8, 4) is 17.2 Å². The highest BCUT2D eigenvalue weighted by Crippen LogP contribution is 2.38. The van der Waals surface area contributed by atoms with E-state index < -0.39 is 38.8 Å².